The van der Waals surface area contributed by atoms with Gasteiger partial charge in [-0.25, -0.2) is 14.8 Å². The second kappa shape index (κ2) is 4.01. The van der Waals surface area contributed by atoms with E-state index in [1.165, 1.54) is 0 Å². The predicted molar refractivity (Wildman–Crippen MR) is 65.0 cm³/mol. The number of pyridine rings is 2. The van der Waals surface area contributed by atoms with Gasteiger partial charge in [0, 0.05) is 11.1 Å². The van der Waals surface area contributed by atoms with Gasteiger partial charge in [0.15, 0.2) is 11.3 Å². The van der Waals surface area contributed by atoms with Gasteiger partial charge in [0.2, 0.25) is 0 Å². The van der Waals surface area contributed by atoms with Gasteiger partial charge in [-0.1, -0.05) is 13.8 Å². The van der Waals surface area contributed by atoms with Crippen LogP contribution in [0.1, 0.15) is 35.9 Å². The number of aromatic nitrogens is 2. The van der Waals surface area contributed by atoms with Crippen LogP contribution >= 0.6 is 0 Å². The first-order valence-electron chi connectivity index (χ1n) is 5.29. The molecule has 0 bridgehead atoms. The highest BCUT2D eigenvalue weighted by Gasteiger charge is 2.12. The summed E-state index contributed by atoms with van der Waals surface area (Å²) in [6.07, 6.45) is 0. The number of anilines is 1. The Morgan fingerprint density at radius 3 is 2.65 bits per heavy atom. The Bertz CT molecular complexity index is 594. The zero-order valence-electron chi connectivity index (χ0n) is 9.64. The van der Waals surface area contributed by atoms with Crippen molar-refractivity contribution in [2.45, 2.75) is 19.8 Å². The Balaban J connectivity index is 2.68. The number of carboxylic acids is 1. The quantitative estimate of drug-likeness (QED) is 0.825. The van der Waals surface area contributed by atoms with Gasteiger partial charge in [0.05, 0.1) is 5.69 Å². The van der Waals surface area contributed by atoms with E-state index in [2.05, 4.69) is 9.97 Å². The molecule has 2 heterocycles. The molecule has 3 N–H and O–H groups in total. The van der Waals surface area contributed by atoms with E-state index in [-0.39, 0.29) is 17.3 Å². The van der Waals surface area contributed by atoms with Crippen LogP contribution in [0.25, 0.3) is 11.0 Å². The van der Waals surface area contributed by atoms with Crippen LogP contribution in [0.3, 0.4) is 0 Å². The lowest BCUT2D eigenvalue weighted by Crippen LogP contribution is -2.06. The molecule has 0 aliphatic carbocycles. The van der Waals surface area contributed by atoms with Crippen molar-refractivity contribution in [1.29, 1.82) is 0 Å². The zero-order valence-corrected chi connectivity index (χ0v) is 9.64. The van der Waals surface area contributed by atoms with Crippen LogP contribution in [0.5, 0.6) is 0 Å². The van der Waals surface area contributed by atoms with Gasteiger partial charge in [-0.2, -0.15) is 0 Å². The molecule has 88 valence electrons. The molecule has 0 fully saturated rings. The number of carboxylic acid groups (broad SMARTS) is 1. The van der Waals surface area contributed by atoms with E-state index in [9.17, 15) is 4.79 Å². The molecule has 0 unspecified atom stereocenters. The SMILES string of the molecule is CC(C)c1ccc2cc(N)c(C(=O)O)nc2n1. The van der Waals surface area contributed by atoms with Crippen molar-refractivity contribution in [2.75, 3.05) is 5.73 Å². The van der Waals surface area contributed by atoms with E-state index in [4.69, 9.17) is 10.8 Å². The maximum Gasteiger partial charge on any atom is 0.356 e. The Morgan fingerprint density at radius 1 is 1.35 bits per heavy atom. The molecule has 0 saturated heterocycles. The highest BCUT2D eigenvalue weighted by Crippen LogP contribution is 2.20. The van der Waals surface area contributed by atoms with Gasteiger partial charge in [-0.05, 0) is 24.1 Å². The van der Waals surface area contributed by atoms with E-state index >= 15 is 0 Å². The molecule has 5 heteroatoms. The minimum Gasteiger partial charge on any atom is -0.476 e. The van der Waals surface area contributed by atoms with Crippen molar-refractivity contribution in [2.24, 2.45) is 0 Å². The summed E-state index contributed by atoms with van der Waals surface area (Å²) in [5.74, 6) is -0.867. The molecule has 2 rings (SSSR count). The maximum absolute atomic E-state index is 10.9. The Kier molecular flexibility index (Phi) is 2.67. The third-order valence-corrected chi connectivity index (χ3v) is 2.52. The lowest BCUT2D eigenvalue weighted by atomic mass is 10.1. The van der Waals surface area contributed by atoms with E-state index in [0.717, 1.165) is 11.1 Å². The van der Waals surface area contributed by atoms with E-state index in [1.54, 1.807) is 6.07 Å². The van der Waals surface area contributed by atoms with E-state index in [1.807, 2.05) is 26.0 Å². The summed E-state index contributed by atoms with van der Waals surface area (Å²) in [5, 5.41) is 9.68. The number of nitrogen functional groups attached to an aromatic ring is 1. The summed E-state index contributed by atoms with van der Waals surface area (Å²) in [6, 6.07) is 5.34. The van der Waals surface area contributed by atoms with Crippen molar-refractivity contribution in [3.63, 3.8) is 0 Å². The van der Waals surface area contributed by atoms with Crippen LogP contribution in [0, 0.1) is 0 Å². The van der Waals surface area contributed by atoms with Gasteiger partial charge in [-0.3, -0.25) is 0 Å². The van der Waals surface area contributed by atoms with Crippen LogP contribution in [0.4, 0.5) is 5.69 Å². The molecular formula is C12H13N3O2. The smallest absolute Gasteiger partial charge is 0.356 e. The summed E-state index contributed by atoms with van der Waals surface area (Å²) < 4.78 is 0. The van der Waals surface area contributed by atoms with Gasteiger partial charge in [-0.15, -0.1) is 0 Å². The Hall–Kier alpha value is -2.17. The van der Waals surface area contributed by atoms with Gasteiger partial charge < -0.3 is 10.8 Å². The van der Waals surface area contributed by atoms with Crippen molar-refractivity contribution in [1.82, 2.24) is 9.97 Å². The number of rotatable bonds is 2. The monoisotopic (exact) mass is 231 g/mol. The number of hydrogen-bond acceptors (Lipinski definition) is 4. The van der Waals surface area contributed by atoms with Crippen molar-refractivity contribution in [3.8, 4) is 0 Å². The summed E-state index contributed by atoms with van der Waals surface area (Å²) >= 11 is 0. The first-order chi connectivity index (χ1) is 7.99. The van der Waals surface area contributed by atoms with Gasteiger partial charge in [0.1, 0.15) is 0 Å². The topological polar surface area (TPSA) is 89.1 Å². The first kappa shape index (κ1) is 11.3. The average Bonchev–Trinajstić information content (AvgIpc) is 2.27. The van der Waals surface area contributed by atoms with Gasteiger partial charge >= 0.3 is 5.97 Å². The molecule has 0 saturated carbocycles. The minimum atomic E-state index is -1.14. The Labute approximate surface area is 98.3 Å². The molecule has 0 aliphatic heterocycles. The summed E-state index contributed by atoms with van der Waals surface area (Å²) in [5.41, 5.74) is 6.92. The maximum atomic E-state index is 10.9. The molecule has 0 aliphatic rings. The molecule has 2 aromatic heterocycles. The van der Waals surface area contributed by atoms with Crippen LogP contribution in [0.15, 0.2) is 18.2 Å². The standard InChI is InChI=1S/C12H13N3O2/c1-6(2)9-4-3-7-5-8(13)10(12(16)17)15-11(7)14-9/h3-6H,13H2,1-2H3,(H,16,17). The van der Waals surface area contributed by atoms with Crippen molar-refractivity contribution < 1.29 is 9.90 Å². The summed E-state index contributed by atoms with van der Waals surface area (Å²) in [6.45, 7) is 4.03. The average molecular weight is 231 g/mol. The van der Waals surface area contributed by atoms with Gasteiger partial charge in [0.25, 0.3) is 0 Å². The number of hydrogen-bond donors (Lipinski definition) is 2. The molecule has 0 radical (unpaired) electrons. The van der Waals surface area contributed by atoms with Crippen LogP contribution in [-0.4, -0.2) is 21.0 Å². The molecule has 0 spiro atoms. The highest BCUT2D eigenvalue weighted by molar-refractivity contribution is 5.95. The van der Waals surface area contributed by atoms with Crippen LogP contribution in [-0.2, 0) is 0 Å². The minimum absolute atomic E-state index is 0.147. The predicted octanol–water partition coefficient (Wildman–Crippen LogP) is 2.03. The lowest BCUT2D eigenvalue weighted by Gasteiger charge is -2.07. The fraction of sp³-hybridized carbons (Fsp3) is 0.250. The Morgan fingerprint density at radius 2 is 2.06 bits per heavy atom. The van der Waals surface area contributed by atoms with E-state index < -0.39 is 5.97 Å². The van der Waals surface area contributed by atoms with Crippen molar-refractivity contribution in [3.05, 3.63) is 29.6 Å². The molecule has 0 atom stereocenters. The molecule has 0 aromatic carbocycles. The van der Waals surface area contributed by atoms with E-state index in [0.29, 0.717) is 5.65 Å². The second-order valence-electron chi connectivity index (χ2n) is 4.17. The van der Waals surface area contributed by atoms with Crippen LogP contribution < -0.4 is 5.73 Å². The fourth-order valence-corrected chi connectivity index (χ4v) is 1.58. The first-order valence-corrected chi connectivity index (χ1v) is 5.29. The molecular weight excluding hydrogens is 218 g/mol. The van der Waals surface area contributed by atoms with Crippen LogP contribution in [0.2, 0.25) is 0 Å². The highest BCUT2D eigenvalue weighted by atomic mass is 16.4. The normalized spacial score (nSPS) is 11.0. The third kappa shape index (κ3) is 2.04. The number of carbonyl (C=O) groups is 1. The van der Waals surface area contributed by atoms with Crippen molar-refractivity contribution >= 4 is 22.7 Å². The second-order valence-corrected chi connectivity index (χ2v) is 4.17. The molecule has 2 aromatic rings. The number of nitrogens with two attached hydrogens (primary N) is 1. The largest absolute Gasteiger partial charge is 0.476 e. The fourth-order valence-electron chi connectivity index (χ4n) is 1.58. The number of aromatic carboxylic acids is 1. The third-order valence-electron chi connectivity index (χ3n) is 2.52. The lowest BCUT2D eigenvalue weighted by molar-refractivity contribution is 0.0692. The summed E-state index contributed by atoms with van der Waals surface area (Å²) in [7, 11) is 0. The molecule has 5 nitrogen and oxygen atoms in total. The number of fused-ring (bicyclic) bond motifs is 1. The number of nitrogens with zero attached hydrogens (tertiary/aromatic N) is 2. The molecule has 17 heavy (non-hydrogen) atoms. The molecule has 0 amide bonds. The zero-order chi connectivity index (χ0) is 12.6. The summed E-state index contributed by atoms with van der Waals surface area (Å²) in [4.78, 5) is 19.2.